The molecule has 0 aliphatic heterocycles. The van der Waals surface area contributed by atoms with E-state index in [9.17, 15) is 14.0 Å². The molecule has 1 heterocycles. The van der Waals surface area contributed by atoms with E-state index in [1.165, 1.54) is 16.7 Å². The van der Waals surface area contributed by atoms with Crippen LogP contribution < -0.4 is 15.6 Å². The van der Waals surface area contributed by atoms with E-state index in [-0.39, 0.29) is 17.0 Å². The molecule has 0 bridgehead atoms. The first-order valence-electron chi connectivity index (χ1n) is 9.50. The third kappa shape index (κ3) is 4.68. The number of carbonyl (C=O) groups excluding carboxylic acids is 1. The third-order valence-corrected chi connectivity index (χ3v) is 6.04. The number of benzene rings is 3. The van der Waals surface area contributed by atoms with Crippen molar-refractivity contribution in [2.75, 3.05) is 18.2 Å². The molecule has 162 valence electrons. The highest BCUT2D eigenvalue weighted by Crippen LogP contribution is 2.24. The fourth-order valence-corrected chi connectivity index (χ4v) is 4.22. The Kier molecular flexibility index (Phi) is 6.57. The van der Waals surface area contributed by atoms with E-state index >= 15 is 0 Å². The van der Waals surface area contributed by atoms with Crippen LogP contribution in [0.1, 0.15) is 0 Å². The maximum absolute atomic E-state index is 14.0. The van der Waals surface area contributed by atoms with Crippen LogP contribution >= 0.6 is 27.7 Å². The molecule has 32 heavy (non-hydrogen) atoms. The Balaban J connectivity index is 1.66. The van der Waals surface area contributed by atoms with Crippen LogP contribution in [0.4, 0.5) is 10.1 Å². The maximum Gasteiger partial charge on any atom is 0.266 e. The van der Waals surface area contributed by atoms with Gasteiger partial charge in [0.05, 0.1) is 35.1 Å². The third-order valence-electron chi connectivity index (χ3n) is 4.61. The summed E-state index contributed by atoms with van der Waals surface area (Å²) in [5.41, 5.74) is 0.959. The first kappa shape index (κ1) is 22.0. The number of para-hydroxylation sites is 1. The van der Waals surface area contributed by atoms with E-state index in [2.05, 4.69) is 26.2 Å². The quantitative estimate of drug-likeness (QED) is 0.289. The van der Waals surface area contributed by atoms with Gasteiger partial charge in [0.25, 0.3) is 5.56 Å². The molecular formula is C23H17BrFN3O3S. The van der Waals surface area contributed by atoms with E-state index in [0.29, 0.717) is 32.0 Å². The molecule has 1 aromatic heterocycles. The number of halogens is 2. The number of amides is 1. The second kappa shape index (κ2) is 9.54. The molecule has 0 aliphatic carbocycles. The first-order valence-corrected chi connectivity index (χ1v) is 11.3. The number of rotatable bonds is 6. The van der Waals surface area contributed by atoms with E-state index in [4.69, 9.17) is 4.74 Å². The Morgan fingerprint density at radius 3 is 2.62 bits per heavy atom. The van der Waals surface area contributed by atoms with E-state index < -0.39 is 11.7 Å². The minimum Gasteiger partial charge on any atom is -0.497 e. The number of nitrogens with zero attached hydrogens (tertiary/aromatic N) is 2. The summed E-state index contributed by atoms with van der Waals surface area (Å²) < 4.78 is 21.3. The predicted molar refractivity (Wildman–Crippen MR) is 127 cm³/mol. The standard InChI is InChI=1S/C23H17BrFN3O3S/c1-31-16-9-7-15(8-10-16)28-22(30)17-4-2-3-5-19(17)27-23(28)32-13-21(29)26-20-11-6-14(24)12-18(20)25/h2-12H,13H2,1H3,(H,26,29). The van der Waals surface area contributed by atoms with Crippen LogP contribution in [0.25, 0.3) is 16.6 Å². The summed E-state index contributed by atoms with van der Waals surface area (Å²) in [4.78, 5) is 30.3. The summed E-state index contributed by atoms with van der Waals surface area (Å²) in [5.74, 6) is -0.367. The maximum atomic E-state index is 14.0. The average molecular weight is 514 g/mol. The van der Waals surface area contributed by atoms with Crippen LogP contribution in [0.15, 0.2) is 81.2 Å². The van der Waals surface area contributed by atoms with Crippen molar-refractivity contribution in [3.8, 4) is 11.4 Å². The molecule has 6 nitrogen and oxygen atoms in total. The van der Waals surface area contributed by atoms with Crippen LogP contribution in [0.2, 0.25) is 0 Å². The lowest BCUT2D eigenvalue weighted by molar-refractivity contribution is -0.113. The lowest BCUT2D eigenvalue weighted by Crippen LogP contribution is -2.23. The van der Waals surface area contributed by atoms with Crippen LogP contribution in [0.5, 0.6) is 5.75 Å². The summed E-state index contributed by atoms with van der Waals surface area (Å²) in [6, 6.07) is 18.4. The zero-order valence-electron chi connectivity index (χ0n) is 16.8. The van der Waals surface area contributed by atoms with Gasteiger partial charge in [0.1, 0.15) is 11.6 Å². The Hall–Kier alpha value is -3.17. The van der Waals surface area contributed by atoms with Crippen molar-refractivity contribution in [2.24, 2.45) is 0 Å². The summed E-state index contributed by atoms with van der Waals surface area (Å²) >= 11 is 4.28. The van der Waals surface area contributed by atoms with Crippen molar-refractivity contribution >= 4 is 50.2 Å². The van der Waals surface area contributed by atoms with Gasteiger partial charge >= 0.3 is 0 Å². The molecule has 0 unspecified atom stereocenters. The minimum absolute atomic E-state index is 0.0591. The number of methoxy groups -OCH3 is 1. The molecule has 0 radical (unpaired) electrons. The molecule has 3 aromatic carbocycles. The first-order chi connectivity index (χ1) is 15.5. The van der Waals surface area contributed by atoms with Gasteiger partial charge in [-0.1, -0.05) is 39.8 Å². The molecule has 0 atom stereocenters. The number of carbonyl (C=O) groups is 1. The molecule has 0 fully saturated rings. The molecular weight excluding hydrogens is 497 g/mol. The average Bonchev–Trinajstić information content (AvgIpc) is 2.80. The highest BCUT2D eigenvalue weighted by molar-refractivity contribution is 9.10. The topological polar surface area (TPSA) is 73.2 Å². The Bertz CT molecular complexity index is 1360. The fraction of sp³-hybridized carbons (Fsp3) is 0.0870. The molecule has 4 rings (SSSR count). The van der Waals surface area contributed by atoms with Gasteiger partial charge in [-0.05, 0) is 54.6 Å². The molecule has 0 spiro atoms. The van der Waals surface area contributed by atoms with Crippen molar-refractivity contribution in [1.82, 2.24) is 9.55 Å². The zero-order valence-corrected chi connectivity index (χ0v) is 19.2. The Morgan fingerprint density at radius 1 is 1.16 bits per heavy atom. The molecule has 1 N–H and O–H groups in total. The van der Waals surface area contributed by atoms with Crippen LogP contribution in [0, 0.1) is 5.82 Å². The van der Waals surface area contributed by atoms with Crippen LogP contribution in [-0.2, 0) is 4.79 Å². The highest BCUT2D eigenvalue weighted by Gasteiger charge is 2.16. The summed E-state index contributed by atoms with van der Waals surface area (Å²) in [6.07, 6.45) is 0. The second-order valence-corrected chi connectivity index (χ2v) is 8.57. The number of nitrogens with one attached hydrogen (secondary N) is 1. The number of ether oxygens (including phenoxy) is 1. The fourth-order valence-electron chi connectivity index (χ4n) is 3.08. The van der Waals surface area contributed by atoms with Crippen molar-refractivity contribution in [2.45, 2.75) is 5.16 Å². The largest absolute Gasteiger partial charge is 0.497 e. The van der Waals surface area contributed by atoms with Gasteiger partial charge in [0.2, 0.25) is 5.91 Å². The molecule has 0 saturated carbocycles. The van der Waals surface area contributed by atoms with Gasteiger partial charge in [-0.25, -0.2) is 9.37 Å². The SMILES string of the molecule is COc1ccc(-n2c(SCC(=O)Nc3ccc(Br)cc3F)nc3ccccc3c2=O)cc1. The lowest BCUT2D eigenvalue weighted by Gasteiger charge is -2.14. The zero-order chi connectivity index (χ0) is 22.7. The number of hydrogen-bond donors (Lipinski definition) is 1. The van der Waals surface area contributed by atoms with Gasteiger partial charge in [-0.15, -0.1) is 0 Å². The van der Waals surface area contributed by atoms with Gasteiger partial charge in [-0.2, -0.15) is 0 Å². The van der Waals surface area contributed by atoms with Crippen LogP contribution in [0.3, 0.4) is 0 Å². The van der Waals surface area contributed by atoms with Crippen molar-refractivity contribution in [3.05, 3.63) is 87.4 Å². The Morgan fingerprint density at radius 2 is 1.91 bits per heavy atom. The minimum atomic E-state index is -0.545. The number of hydrogen-bond acceptors (Lipinski definition) is 5. The smallest absolute Gasteiger partial charge is 0.266 e. The van der Waals surface area contributed by atoms with Gasteiger partial charge in [0.15, 0.2) is 5.16 Å². The number of thioether (sulfide) groups is 1. The van der Waals surface area contributed by atoms with Gasteiger partial charge in [0, 0.05) is 4.47 Å². The summed E-state index contributed by atoms with van der Waals surface area (Å²) in [5, 5.41) is 3.37. The number of aromatic nitrogens is 2. The molecule has 0 saturated heterocycles. The molecule has 1 amide bonds. The van der Waals surface area contributed by atoms with Crippen LogP contribution in [-0.4, -0.2) is 28.3 Å². The monoisotopic (exact) mass is 513 g/mol. The van der Waals surface area contributed by atoms with E-state index in [1.807, 2.05) is 0 Å². The van der Waals surface area contributed by atoms with E-state index in [1.54, 1.807) is 61.7 Å². The number of fused-ring (bicyclic) bond motifs is 1. The Labute approximate surface area is 195 Å². The van der Waals surface area contributed by atoms with E-state index in [0.717, 1.165) is 11.8 Å². The lowest BCUT2D eigenvalue weighted by atomic mass is 10.2. The predicted octanol–water partition coefficient (Wildman–Crippen LogP) is 5.03. The normalized spacial score (nSPS) is 10.8. The molecule has 0 aliphatic rings. The second-order valence-electron chi connectivity index (χ2n) is 6.71. The summed E-state index contributed by atoms with van der Waals surface area (Å²) in [6.45, 7) is 0. The highest BCUT2D eigenvalue weighted by atomic mass is 79.9. The van der Waals surface area contributed by atoms with Crippen molar-refractivity contribution < 1.29 is 13.9 Å². The molecule has 4 aromatic rings. The summed E-state index contributed by atoms with van der Waals surface area (Å²) in [7, 11) is 1.56. The van der Waals surface area contributed by atoms with Crippen molar-refractivity contribution in [3.63, 3.8) is 0 Å². The van der Waals surface area contributed by atoms with Crippen molar-refractivity contribution in [1.29, 1.82) is 0 Å². The van der Waals surface area contributed by atoms with Gasteiger partial charge in [-0.3, -0.25) is 14.2 Å². The number of anilines is 1. The molecule has 9 heteroatoms. The van der Waals surface area contributed by atoms with Gasteiger partial charge < -0.3 is 10.1 Å².